The lowest BCUT2D eigenvalue weighted by molar-refractivity contribution is 0.0935. The van der Waals surface area contributed by atoms with Gasteiger partial charge in [-0.05, 0) is 36.8 Å². The second-order valence-electron chi connectivity index (χ2n) is 6.28. The van der Waals surface area contributed by atoms with Gasteiger partial charge in [-0.25, -0.2) is 0 Å². The first-order valence-corrected chi connectivity index (χ1v) is 8.54. The van der Waals surface area contributed by atoms with E-state index < -0.39 is 0 Å². The SMILES string of the molecule is COc1cc(OC)c2[nH]c(C(=O)NC(C)c3ccc4c(c3)OCO4)cc2c1. The summed E-state index contributed by atoms with van der Waals surface area (Å²) < 4.78 is 21.4. The van der Waals surface area contributed by atoms with E-state index in [-0.39, 0.29) is 18.7 Å². The molecule has 0 spiro atoms. The van der Waals surface area contributed by atoms with Gasteiger partial charge in [0.05, 0.1) is 25.8 Å². The molecule has 2 aromatic carbocycles. The number of aromatic amines is 1. The van der Waals surface area contributed by atoms with Crippen molar-refractivity contribution in [3.8, 4) is 23.0 Å². The molecule has 1 unspecified atom stereocenters. The van der Waals surface area contributed by atoms with Crippen LogP contribution in [0.2, 0.25) is 0 Å². The van der Waals surface area contributed by atoms with Gasteiger partial charge in [0.1, 0.15) is 17.2 Å². The van der Waals surface area contributed by atoms with Crippen molar-refractivity contribution in [2.75, 3.05) is 21.0 Å². The summed E-state index contributed by atoms with van der Waals surface area (Å²) in [6, 6.07) is 10.9. The minimum absolute atomic E-state index is 0.199. The maximum atomic E-state index is 12.7. The molecular formula is C20H20N2O5. The van der Waals surface area contributed by atoms with Gasteiger partial charge in [0.25, 0.3) is 5.91 Å². The van der Waals surface area contributed by atoms with Crippen LogP contribution in [0.25, 0.3) is 10.9 Å². The molecule has 0 radical (unpaired) electrons. The summed E-state index contributed by atoms with van der Waals surface area (Å²) in [7, 11) is 3.17. The standard InChI is InChI=1S/C20H20N2O5/c1-11(12-4-5-16-17(8-12)27-10-26-16)21-20(23)15-7-13-6-14(24-2)9-18(25-3)19(13)22-15/h4-9,11,22H,10H2,1-3H3,(H,21,23). The van der Waals surface area contributed by atoms with E-state index in [4.69, 9.17) is 18.9 Å². The lowest BCUT2D eigenvalue weighted by Gasteiger charge is -2.14. The summed E-state index contributed by atoms with van der Waals surface area (Å²) in [6.07, 6.45) is 0. The van der Waals surface area contributed by atoms with E-state index in [1.165, 1.54) is 0 Å². The van der Waals surface area contributed by atoms with Crippen molar-refractivity contribution in [3.63, 3.8) is 0 Å². The summed E-state index contributed by atoms with van der Waals surface area (Å²) in [5.41, 5.74) is 2.13. The Morgan fingerprint density at radius 1 is 1.11 bits per heavy atom. The van der Waals surface area contributed by atoms with Gasteiger partial charge in [-0.2, -0.15) is 0 Å². The first-order chi connectivity index (χ1) is 13.1. The van der Waals surface area contributed by atoms with Crippen molar-refractivity contribution in [2.24, 2.45) is 0 Å². The van der Waals surface area contributed by atoms with Crippen LogP contribution in [0.1, 0.15) is 29.0 Å². The zero-order valence-corrected chi connectivity index (χ0v) is 15.3. The fourth-order valence-corrected chi connectivity index (χ4v) is 3.13. The highest BCUT2D eigenvalue weighted by Gasteiger charge is 2.19. The molecule has 4 rings (SSSR count). The van der Waals surface area contributed by atoms with Crippen LogP contribution >= 0.6 is 0 Å². The molecule has 0 saturated carbocycles. The second-order valence-corrected chi connectivity index (χ2v) is 6.28. The molecule has 1 aliphatic heterocycles. The molecule has 7 heteroatoms. The number of benzene rings is 2. The van der Waals surface area contributed by atoms with Crippen molar-refractivity contribution in [1.82, 2.24) is 10.3 Å². The van der Waals surface area contributed by atoms with E-state index >= 15 is 0 Å². The van der Waals surface area contributed by atoms with E-state index in [9.17, 15) is 4.79 Å². The third-order valence-corrected chi connectivity index (χ3v) is 4.61. The zero-order valence-electron chi connectivity index (χ0n) is 15.3. The van der Waals surface area contributed by atoms with Gasteiger partial charge in [-0.1, -0.05) is 6.07 Å². The lowest BCUT2D eigenvalue weighted by Crippen LogP contribution is -2.26. The van der Waals surface area contributed by atoms with E-state index in [1.807, 2.05) is 31.2 Å². The molecule has 0 fully saturated rings. The molecule has 0 saturated heterocycles. The van der Waals surface area contributed by atoms with E-state index in [0.717, 1.165) is 16.5 Å². The summed E-state index contributed by atoms with van der Waals surface area (Å²) in [5.74, 6) is 2.48. The molecule has 1 aromatic heterocycles. The number of ether oxygens (including phenoxy) is 4. The van der Waals surface area contributed by atoms with Gasteiger partial charge in [-0.15, -0.1) is 0 Å². The summed E-state index contributed by atoms with van der Waals surface area (Å²) in [6.45, 7) is 2.14. The largest absolute Gasteiger partial charge is 0.497 e. The Kier molecular flexibility index (Phi) is 4.27. The smallest absolute Gasteiger partial charge is 0.268 e. The quantitative estimate of drug-likeness (QED) is 0.721. The van der Waals surface area contributed by atoms with Gasteiger partial charge < -0.3 is 29.2 Å². The number of hydrogen-bond acceptors (Lipinski definition) is 5. The highest BCUT2D eigenvalue weighted by Crippen LogP contribution is 2.34. The zero-order chi connectivity index (χ0) is 19.0. The Hall–Kier alpha value is -3.35. The highest BCUT2D eigenvalue weighted by molar-refractivity contribution is 6.00. The molecule has 140 valence electrons. The summed E-state index contributed by atoms with van der Waals surface area (Å²) in [4.78, 5) is 15.8. The Balaban J connectivity index is 1.57. The predicted molar refractivity (Wildman–Crippen MR) is 99.8 cm³/mol. The molecule has 2 heterocycles. The lowest BCUT2D eigenvalue weighted by atomic mass is 10.1. The highest BCUT2D eigenvalue weighted by atomic mass is 16.7. The van der Waals surface area contributed by atoms with Crippen LogP contribution in [0, 0.1) is 0 Å². The molecule has 1 aliphatic rings. The number of amides is 1. The minimum Gasteiger partial charge on any atom is -0.497 e. The van der Waals surface area contributed by atoms with Gasteiger partial charge in [0.15, 0.2) is 11.5 Å². The average molecular weight is 368 g/mol. The number of methoxy groups -OCH3 is 2. The van der Waals surface area contributed by atoms with Crippen LogP contribution < -0.4 is 24.3 Å². The predicted octanol–water partition coefficient (Wildman–Crippen LogP) is 3.40. The van der Waals surface area contributed by atoms with Crippen molar-refractivity contribution in [2.45, 2.75) is 13.0 Å². The molecule has 0 bridgehead atoms. The van der Waals surface area contributed by atoms with Crippen LogP contribution in [0.15, 0.2) is 36.4 Å². The molecule has 27 heavy (non-hydrogen) atoms. The maximum Gasteiger partial charge on any atom is 0.268 e. The Labute approximate surface area is 156 Å². The van der Waals surface area contributed by atoms with Gasteiger partial charge in [0, 0.05) is 11.5 Å². The van der Waals surface area contributed by atoms with Crippen LogP contribution in [0.4, 0.5) is 0 Å². The monoisotopic (exact) mass is 368 g/mol. The van der Waals surface area contributed by atoms with Crippen molar-refractivity contribution < 1.29 is 23.7 Å². The Morgan fingerprint density at radius 2 is 1.93 bits per heavy atom. The van der Waals surface area contributed by atoms with Crippen molar-refractivity contribution >= 4 is 16.8 Å². The fourth-order valence-electron chi connectivity index (χ4n) is 3.13. The maximum absolute atomic E-state index is 12.7. The number of nitrogens with one attached hydrogen (secondary N) is 2. The molecule has 3 aromatic rings. The number of hydrogen-bond donors (Lipinski definition) is 2. The van der Waals surface area contributed by atoms with E-state index in [1.54, 1.807) is 26.4 Å². The van der Waals surface area contributed by atoms with Crippen LogP contribution in [0.5, 0.6) is 23.0 Å². The number of carbonyl (C=O) groups is 1. The topological polar surface area (TPSA) is 81.8 Å². The van der Waals surface area contributed by atoms with Crippen molar-refractivity contribution in [3.05, 3.63) is 47.7 Å². The number of H-pyrrole nitrogens is 1. The third kappa shape index (κ3) is 3.12. The Morgan fingerprint density at radius 3 is 2.70 bits per heavy atom. The Bertz CT molecular complexity index is 1010. The second kappa shape index (κ2) is 6.75. The average Bonchev–Trinajstić information content (AvgIpc) is 3.32. The molecule has 2 N–H and O–H groups in total. The van der Waals surface area contributed by atoms with Crippen molar-refractivity contribution in [1.29, 1.82) is 0 Å². The normalized spacial score (nSPS) is 13.4. The number of fused-ring (bicyclic) bond motifs is 2. The van der Waals surface area contributed by atoms with Crippen LogP contribution in [-0.2, 0) is 0 Å². The summed E-state index contributed by atoms with van der Waals surface area (Å²) in [5, 5.41) is 3.83. The minimum atomic E-state index is -0.211. The number of rotatable bonds is 5. The number of carbonyl (C=O) groups excluding carboxylic acids is 1. The molecule has 1 amide bonds. The van der Waals surface area contributed by atoms with E-state index in [2.05, 4.69) is 10.3 Å². The summed E-state index contributed by atoms with van der Waals surface area (Å²) >= 11 is 0. The van der Waals surface area contributed by atoms with Gasteiger partial charge in [0.2, 0.25) is 6.79 Å². The van der Waals surface area contributed by atoms with Crippen LogP contribution in [0.3, 0.4) is 0 Å². The molecular weight excluding hydrogens is 348 g/mol. The first kappa shape index (κ1) is 17.1. The first-order valence-electron chi connectivity index (χ1n) is 8.54. The van der Waals surface area contributed by atoms with Gasteiger partial charge >= 0.3 is 0 Å². The third-order valence-electron chi connectivity index (χ3n) is 4.61. The molecule has 0 aliphatic carbocycles. The molecule has 7 nitrogen and oxygen atoms in total. The molecule has 1 atom stereocenters. The van der Waals surface area contributed by atoms with E-state index in [0.29, 0.717) is 28.7 Å². The van der Waals surface area contributed by atoms with Gasteiger partial charge in [-0.3, -0.25) is 4.79 Å². The van der Waals surface area contributed by atoms with Crippen LogP contribution in [-0.4, -0.2) is 31.9 Å². The number of aromatic nitrogens is 1. The fraction of sp³-hybridized carbons (Fsp3) is 0.250.